The predicted molar refractivity (Wildman–Crippen MR) is 94.9 cm³/mol. The van der Waals surface area contributed by atoms with Crippen LogP contribution in [-0.4, -0.2) is 43.2 Å². The van der Waals surface area contributed by atoms with Crippen LogP contribution in [0.3, 0.4) is 0 Å². The van der Waals surface area contributed by atoms with Gasteiger partial charge in [0, 0.05) is 39.0 Å². The van der Waals surface area contributed by atoms with Gasteiger partial charge in [0.1, 0.15) is 11.0 Å². The van der Waals surface area contributed by atoms with Crippen molar-refractivity contribution in [3.63, 3.8) is 0 Å². The van der Waals surface area contributed by atoms with Crippen LogP contribution in [0.5, 0.6) is 0 Å². The Hall–Kier alpha value is -3.29. The van der Waals surface area contributed by atoms with E-state index < -0.39 is 0 Å². The third-order valence-electron chi connectivity index (χ3n) is 4.45. The smallest absolute Gasteiger partial charge is 0.229 e. The Morgan fingerprint density at radius 1 is 1.27 bits per heavy atom. The second-order valence-electron chi connectivity index (χ2n) is 6.39. The SMILES string of the molecule is Cn1nc2cccc(NC(=O)C3CC(=O)N(Cc4cccnc4)C3)c2n1. The summed E-state index contributed by atoms with van der Waals surface area (Å²) in [7, 11) is 1.73. The van der Waals surface area contributed by atoms with E-state index in [4.69, 9.17) is 0 Å². The molecule has 1 saturated heterocycles. The van der Waals surface area contributed by atoms with Crippen LogP contribution in [0.15, 0.2) is 42.7 Å². The van der Waals surface area contributed by atoms with Crippen LogP contribution in [0.4, 0.5) is 5.69 Å². The molecule has 8 nitrogen and oxygen atoms in total. The summed E-state index contributed by atoms with van der Waals surface area (Å²) in [5.41, 5.74) is 2.91. The minimum atomic E-state index is -0.383. The molecule has 1 aliphatic rings. The van der Waals surface area contributed by atoms with E-state index in [1.165, 1.54) is 4.80 Å². The van der Waals surface area contributed by atoms with Gasteiger partial charge in [-0.25, -0.2) is 0 Å². The highest BCUT2D eigenvalue weighted by Gasteiger charge is 2.34. The van der Waals surface area contributed by atoms with Gasteiger partial charge in [-0.15, -0.1) is 0 Å². The van der Waals surface area contributed by atoms with Crippen molar-refractivity contribution in [3.05, 3.63) is 48.3 Å². The van der Waals surface area contributed by atoms with Crippen LogP contribution in [0.25, 0.3) is 11.0 Å². The number of likely N-dealkylation sites (tertiary alicyclic amines) is 1. The number of rotatable bonds is 4. The first-order valence-electron chi connectivity index (χ1n) is 8.38. The molecule has 1 N–H and O–H groups in total. The van der Waals surface area contributed by atoms with E-state index in [0.717, 1.165) is 5.56 Å². The number of carbonyl (C=O) groups is 2. The number of benzene rings is 1. The van der Waals surface area contributed by atoms with E-state index in [2.05, 4.69) is 20.5 Å². The van der Waals surface area contributed by atoms with Gasteiger partial charge in [0.05, 0.1) is 11.6 Å². The maximum Gasteiger partial charge on any atom is 0.229 e. The minimum Gasteiger partial charge on any atom is -0.337 e. The predicted octanol–water partition coefficient (Wildman–Crippen LogP) is 1.35. The largest absolute Gasteiger partial charge is 0.337 e. The molecule has 8 heteroatoms. The quantitative estimate of drug-likeness (QED) is 0.767. The Balaban J connectivity index is 1.46. The monoisotopic (exact) mass is 350 g/mol. The van der Waals surface area contributed by atoms with Crippen LogP contribution >= 0.6 is 0 Å². The number of amides is 2. The van der Waals surface area contributed by atoms with Crippen molar-refractivity contribution in [1.29, 1.82) is 0 Å². The number of aryl methyl sites for hydroxylation is 1. The van der Waals surface area contributed by atoms with Gasteiger partial charge in [-0.2, -0.15) is 15.0 Å². The van der Waals surface area contributed by atoms with Crippen molar-refractivity contribution in [3.8, 4) is 0 Å². The highest BCUT2D eigenvalue weighted by Crippen LogP contribution is 2.24. The Morgan fingerprint density at radius 2 is 2.15 bits per heavy atom. The van der Waals surface area contributed by atoms with E-state index in [9.17, 15) is 9.59 Å². The number of aromatic nitrogens is 4. The Labute approximate surface area is 149 Å². The number of carbonyl (C=O) groups excluding carboxylic acids is 2. The van der Waals surface area contributed by atoms with Gasteiger partial charge < -0.3 is 10.2 Å². The average molecular weight is 350 g/mol. The zero-order chi connectivity index (χ0) is 18.1. The van der Waals surface area contributed by atoms with Crippen LogP contribution in [0.2, 0.25) is 0 Å². The van der Waals surface area contributed by atoms with Gasteiger partial charge in [-0.05, 0) is 23.8 Å². The molecule has 1 unspecified atom stereocenters. The summed E-state index contributed by atoms with van der Waals surface area (Å²) >= 11 is 0. The van der Waals surface area contributed by atoms with Crippen LogP contribution < -0.4 is 5.32 Å². The van der Waals surface area contributed by atoms with Crippen molar-refractivity contribution in [2.45, 2.75) is 13.0 Å². The van der Waals surface area contributed by atoms with Crippen molar-refractivity contribution >= 4 is 28.5 Å². The summed E-state index contributed by atoms with van der Waals surface area (Å²) in [5.74, 6) is -0.581. The summed E-state index contributed by atoms with van der Waals surface area (Å²) in [6.45, 7) is 0.867. The first kappa shape index (κ1) is 16.2. The molecule has 1 aromatic carbocycles. The van der Waals surface area contributed by atoms with Gasteiger partial charge in [0.2, 0.25) is 11.8 Å². The lowest BCUT2D eigenvalue weighted by Crippen LogP contribution is -2.28. The fourth-order valence-corrected chi connectivity index (χ4v) is 3.19. The molecular weight excluding hydrogens is 332 g/mol. The summed E-state index contributed by atoms with van der Waals surface area (Å²) in [4.78, 5) is 32.1. The molecule has 3 heterocycles. The lowest BCUT2D eigenvalue weighted by molar-refractivity contribution is -0.128. The van der Waals surface area contributed by atoms with Crippen molar-refractivity contribution < 1.29 is 9.59 Å². The maximum atomic E-state index is 12.7. The molecule has 4 rings (SSSR count). The van der Waals surface area contributed by atoms with Gasteiger partial charge >= 0.3 is 0 Å². The second-order valence-corrected chi connectivity index (χ2v) is 6.39. The number of pyridine rings is 1. The summed E-state index contributed by atoms with van der Waals surface area (Å²) in [5, 5.41) is 11.4. The van der Waals surface area contributed by atoms with E-state index in [1.54, 1.807) is 30.4 Å². The number of hydrogen-bond donors (Lipinski definition) is 1. The Bertz CT molecular complexity index is 968. The third-order valence-corrected chi connectivity index (χ3v) is 4.45. The molecule has 2 aromatic heterocycles. The fraction of sp³-hybridized carbons (Fsp3) is 0.278. The number of anilines is 1. The molecule has 1 aliphatic heterocycles. The zero-order valence-electron chi connectivity index (χ0n) is 14.3. The first-order chi connectivity index (χ1) is 12.6. The number of nitrogens with one attached hydrogen (secondary N) is 1. The molecule has 3 aromatic rings. The zero-order valence-corrected chi connectivity index (χ0v) is 14.3. The molecule has 1 fully saturated rings. The van der Waals surface area contributed by atoms with Crippen molar-refractivity contribution in [1.82, 2.24) is 24.9 Å². The highest BCUT2D eigenvalue weighted by molar-refractivity contribution is 6.02. The topological polar surface area (TPSA) is 93.0 Å². The third kappa shape index (κ3) is 3.13. The average Bonchev–Trinajstić information content (AvgIpc) is 3.19. The summed E-state index contributed by atoms with van der Waals surface area (Å²) < 4.78 is 0. The molecule has 132 valence electrons. The van der Waals surface area contributed by atoms with Crippen molar-refractivity contribution in [2.24, 2.45) is 13.0 Å². The van der Waals surface area contributed by atoms with Gasteiger partial charge in [0.25, 0.3) is 0 Å². The molecule has 0 spiro atoms. The highest BCUT2D eigenvalue weighted by atomic mass is 16.2. The summed E-state index contributed by atoms with van der Waals surface area (Å²) in [6.07, 6.45) is 3.64. The number of nitrogens with zero attached hydrogens (tertiary/aromatic N) is 5. The molecule has 26 heavy (non-hydrogen) atoms. The van der Waals surface area contributed by atoms with Crippen LogP contribution in [0.1, 0.15) is 12.0 Å². The lowest BCUT2D eigenvalue weighted by Gasteiger charge is -2.16. The standard InChI is InChI=1S/C18H18N6O2/c1-23-21-15-6-2-5-14(17(15)22-23)20-18(26)13-8-16(25)24(11-13)10-12-4-3-7-19-9-12/h2-7,9,13H,8,10-11H2,1H3,(H,20,26). The number of hydrogen-bond acceptors (Lipinski definition) is 5. The van der Waals surface area contributed by atoms with E-state index in [-0.39, 0.29) is 24.2 Å². The molecule has 0 aliphatic carbocycles. The van der Waals surface area contributed by atoms with E-state index in [1.807, 2.05) is 24.3 Å². The Morgan fingerprint density at radius 3 is 2.96 bits per heavy atom. The minimum absolute atomic E-state index is 0.0216. The van der Waals surface area contributed by atoms with Gasteiger partial charge in [-0.1, -0.05) is 12.1 Å². The van der Waals surface area contributed by atoms with Crippen LogP contribution in [0, 0.1) is 5.92 Å². The first-order valence-corrected chi connectivity index (χ1v) is 8.38. The lowest BCUT2D eigenvalue weighted by atomic mass is 10.1. The molecule has 0 radical (unpaired) electrons. The molecule has 0 bridgehead atoms. The van der Waals surface area contributed by atoms with Crippen molar-refractivity contribution in [2.75, 3.05) is 11.9 Å². The molecule has 2 amide bonds. The Kier molecular flexibility index (Phi) is 4.08. The fourth-order valence-electron chi connectivity index (χ4n) is 3.19. The maximum absolute atomic E-state index is 12.7. The second kappa shape index (κ2) is 6.55. The van der Waals surface area contributed by atoms with Crippen LogP contribution in [-0.2, 0) is 23.2 Å². The molecule has 1 atom stereocenters. The van der Waals surface area contributed by atoms with Gasteiger partial charge in [0.15, 0.2) is 0 Å². The number of fused-ring (bicyclic) bond motifs is 1. The van der Waals surface area contributed by atoms with E-state index >= 15 is 0 Å². The normalized spacial score (nSPS) is 17.0. The molecular formula is C18H18N6O2. The van der Waals surface area contributed by atoms with E-state index in [0.29, 0.717) is 29.8 Å². The summed E-state index contributed by atoms with van der Waals surface area (Å²) in [6, 6.07) is 9.21. The molecule has 0 saturated carbocycles. The van der Waals surface area contributed by atoms with Gasteiger partial charge in [-0.3, -0.25) is 14.6 Å².